The summed E-state index contributed by atoms with van der Waals surface area (Å²) in [5.74, 6) is -0.423. The molecule has 1 saturated heterocycles. The van der Waals surface area contributed by atoms with Crippen LogP contribution in [0, 0.1) is 5.82 Å². The monoisotopic (exact) mass is 479 g/mol. The molecule has 0 aromatic heterocycles. The second-order valence-electron chi connectivity index (χ2n) is 7.82. The molecule has 1 fully saturated rings. The Kier molecular flexibility index (Phi) is 5.87. The Morgan fingerprint density at radius 3 is 1.81 bits per heavy atom. The molecule has 0 amide bonds. The van der Waals surface area contributed by atoms with E-state index in [0.717, 1.165) is 11.1 Å². The van der Waals surface area contributed by atoms with E-state index in [4.69, 9.17) is 23.2 Å². The van der Waals surface area contributed by atoms with Gasteiger partial charge in [0.2, 0.25) is 0 Å². The molecule has 0 radical (unpaired) electrons. The summed E-state index contributed by atoms with van der Waals surface area (Å²) in [6.45, 7) is 1.85. The summed E-state index contributed by atoms with van der Waals surface area (Å²) >= 11 is 12.2. The van der Waals surface area contributed by atoms with Gasteiger partial charge >= 0.3 is 0 Å². The predicted molar refractivity (Wildman–Crippen MR) is 121 cm³/mol. The molecule has 4 nitrogen and oxygen atoms in total. The average molecular weight is 480 g/mol. The topological polar surface area (TPSA) is 57.6 Å². The van der Waals surface area contributed by atoms with Crippen LogP contribution < -0.4 is 0 Å². The van der Waals surface area contributed by atoms with Crippen molar-refractivity contribution in [1.29, 1.82) is 0 Å². The molecule has 0 spiro atoms. The lowest BCUT2D eigenvalue weighted by Crippen LogP contribution is -2.69. The van der Waals surface area contributed by atoms with Crippen molar-refractivity contribution in [1.82, 2.24) is 4.90 Å². The number of benzene rings is 3. The van der Waals surface area contributed by atoms with Crippen LogP contribution in [-0.4, -0.2) is 29.7 Å². The molecule has 0 aliphatic carbocycles. The number of likely N-dealkylation sites (tertiary alicyclic amines) is 1. The van der Waals surface area contributed by atoms with Crippen molar-refractivity contribution in [3.63, 3.8) is 0 Å². The quantitative estimate of drug-likeness (QED) is 0.476. The van der Waals surface area contributed by atoms with Crippen molar-refractivity contribution in [2.45, 2.75) is 23.8 Å². The van der Waals surface area contributed by atoms with Crippen LogP contribution in [0.1, 0.15) is 29.7 Å². The summed E-state index contributed by atoms with van der Waals surface area (Å²) in [4.78, 5) is 1.99. The fourth-order valence-corrected chi connectivity index (χ4v) is 5.81. The van der Waals surface area contributed by atoms with Crippen LogP contribution >= 0.6 is 23.2 Å². The van der Waals surface area contributed by atoms with Gasteiger partial charge in [-0.2, -0.15) is 8.42 Å². The zero-order chi connectivity index (χ0) is 22.4. The normalized spacial score (nSPS) is 21.8. The molecule has 1 heterocycles. The van der Waals surface area contributed by atoms with Gasteiger partial charge in [-0.05, 0) is 60.0 Å². The Morgan fingerprint density at radius 2 is 1.39 bits per heavy atom. The van der Waals surface area contributed by atoms with Crippen LogP contribution in [0.5, 0.6) is 0 Å². The summed E-state index contributed by atoms with van der Waals surface area (Å²) in [7, 11) is -4.35. The Bertz CT molecular complexity index is 1140. The van der Waals surface area contributed by atoms with Gasteiger partial charge in [0.1, 0.15) is 11.1 Å². The molecule has 162 valence electrons. The van der Waals surface area contributed by atoms with E-state index in [2.05, 4.69) is 0 Å². The second kappa shape index (κ2) is 8.19. The van der Waals surface area contributed by atoms with E-state index in [1.54, 1.807) is 43.3 Å². The number of nitrogens with zero attached hydrogens (tertiary/aromatic N) is 1. The first-order valence-corrected chi connectivity index (χ1v) is 11.9. The molecule has 1 aliphatic heterocycles. The molecule has 0 saturated carbocycles. The number of hydrogen-bond acceptors (Lipinski definition) is 3. The predicted octanol–water partition coefficient (Wildman–Crippen LogP) is 5.71. The van der Waals surface area contributed by atoms with Crippen LogP contribution in [0.15, 0.2) is 72.8 Å². The van der Waals surface area contributed by atoms with Crippen LogP contribution in [0.4, 0.5) is 4.39 Å². The fraction of sp³-hybridized carbons (Fsp3) is 0.217. The maximum atomic E-state index is 13.6. The summed E-state index contributed by atoms with van der Waals surface area (Å²) in [5, 5.41) is 0.103. The van der Waals surface area contributed by atoms with Crippen LogP contribution in [0.2, 0.25) is 10.0 Å². The minimum Gasteiger partial charge on any atom is -0.285 e. The zero-order valence-electron chi connectivity index (χ0n) is 16.5. The van der Waals surface area contributed by atoms with E-state index in [0.29, 0.717) is 15.6 Å². The lowest BCUT2D eigenvalue weighted by atomic mass is 9.76. The summed E-state index contributed by atoms with van der Waals surface area (Å²) in [6, 6.07) is 20.0. The van der Waals surface area contributed by atoms with Gasteiger partial charge in [0.15, 0.2) is 0 Å². The summed E-state index contributed by atoms with van der Waals surface area (Å²) in [6.07, 6.45) is 0. The Morgan fingerprint density at radius 1 is 0.935 bits per heavy atom. The van der Waals surface area contributed by atoms with Gasteiger partial charge in [-0.1, -0.05) is 59.6 Å². The van der Waals surface area contributed by atoms with Crippen molar-refractivity contribution in [3.8, 4) is 0 Å². The Balaban J connectivity index is 1.87. The largest absolute Gasteiger partial charge is 0.285 e. The number of halogens is 3. The molecule has 1 aliphatic rings. The molecular weight excluding hydrogens is 460 g/mol. The van der Waals surface area contributed by atoms with Crippen LogP contribution in [-0.2, 0) is 15.7 Å². The first-order valence-electron chi connectivity index (χ1n) is 9.60. The zero-order valence-corrected chi connectivity index (χ0v) is 18.9. The molecule has 2 atom stereocenters. The van der Waals surface area contributed by atoms with Crippen molar-refractivity contribution in [3.05, 3.63) is 105 Å². The van der Waals surface area contributed by atoms with Gasteiger partial charge < -0.3 is 0 Å². The van der Waals surface area contributed by atoms with E-state index in [1.807, 2.05) is 29.2 Å². The average Bonchev–Trinajstić information content (AvgIpc) is 2.71. The maximum absolute atomic E-state index is 13.6. The molecule has 0 bridgehead atoms. The van der Waals surface area contributed by atoms with Gasteiger partial charge in [-0.3, -0.25) is 9.45 Å². The highest BCUT2D eigenvalue weighted by atomic mass is 35.5. The van der Waals surface area contributed by atoms with Crippen molar-refractivity contribution in [2.24, 2.45) is 0 Å². The van der Waals surface area contributed by atoms with E-state index < -0.39 is 26.7 Å². The van der Waals surface area contributed by atoms with E-state index in [9.17, 15) is 17.4 Å². The van der Waals surface area contributed by atoms with E-state index >= 15 is 0 Å². The van der Waals surface area contributed by atoms with Crippen molar-refractivity contribution >= 4 is 33.3 Å². The molecular formula is C23H20Cl2FNO3S. The standard InChI is InChI=1S/C23H20Cl2FNO3S/c1-23(17-6-12-20(26)13-7-17)21(31(28,29)30)14-27(23)22(15-2-8-18(24)9-3-15)16-4-10-19(25)11-5-16/h2-13,21-22H,14H2,1H3,(H,28,29,30). The highest BCUT2D eigenvalue weighted by Crippen LogP contribution is 2.50. The molecule has 2 unspecified atom stereocenters. The third-order valence-corrected chi connectivity index (χ3v) is 7.89. The van der Waals surface area contributed by atoms with Crippen LogP contribution in [0.3, 0.4) is 0 Å². The van der Waals surface area contributed by atoms with Crippen molar-refractivity contribution < 1.29 is 17.4 Å². The van der Waals surface area contributed by atoms with Crippen LogP contribution in [0.25, 0.3) is 0 Å². The number of hydrogen-bond donors (Lipinski definition) is 1. The Hall–Kier alpha value is -1.96. The van der Waals surface area contributed by atoms with Gasteiger partial charge in [-0.25, -0.2) is 4.39 Å². The SMILES string of the molecule is CC1(c2ccc(F)cc2)C(S(=O)(=O)O)CN1C(c1ccc(Cl)cc1)c1ccc(Cl)cc1. The third-order valence-electron chi connectivity index (χ3n) is 6.06. The highest BCUT2D eigenvalue weighted by molar-refractivity contribution is 7.86. The minimum absolute atomic E-state index is 0.0998. The molecule has 3 aromatic carbocycles. The first kappa shape index (κ1) is 22.2. The summed E-state index contributed by atoms with van der Waals surface area (Å²) < 4.78 is 48.0. The third kappa shape index (κ3) is 4.11. The highest BCUT2D eigenvalue weighted by Gasteiger charge is 2.59. The van der Waals surface area contributed by atoms with Gasteiger partial charge in [-0.15, -0.1) is 0 Å². The van der Waals surface area contributed by atoms with E-state index in [-0.39, 0.29) is 12.6 Å². The number of rotatable bonds is 5. The second-order valence-corrected chi connectivity index (χ2v) is 10.3. The van der Waals surface area contributed by atoms with E-state index in [1.165, 1.54) is 12.1 Å². The smallest absolute Gasteiger partial charge is 0.271 e. The first-order chi connectivity index (χ1) is 14.6. The maximum Gasteiger partial charge on any atom is 0.271 e. The van der Waals surface area contributed by atoms with Gasteiger partial charge in [0, 0.05) is 16.6 Å². The lowest BCUT2D eigenvalue weighted by molar-refractivity contribution is -0.0281. The Labute approximate surface area is 191 Å². The molecule has 4 rings (SSSR count). The minimum atomic E-state index is -4.35. The summed E-state index contributed by atoms with van der Waals surface area (Å²) in [5.41, 5.74) is 1.30. The molecule has 31 heavy (non-hydrogen) atoms. The van der Waals surface area contributed by atoms with Crippen molar-refractivity contribution in [2.75, 3.05) is 6.54 Å². The molecule has 1 N–H and O–H groups in total. The van der Waals surface area contributed by atoms with Gasteiger partial charge in [0.05, 0.1) is 11.6 Å². The fourth-order valence-electron chi connectivity index (χ4n) is 4.36. The van der Waals surface area contributed by atoms with Gasteiger partial charge in [0.25, 0.3) is 10.1 Å². The lowest BCUT2D eigenvalue weighted by Gasteiger charge is -2.58. The molecule has 8 heteroatoms. The molecule has 3 aromatic rings.